The molecule has 0 saturated heterocycles. The predicted octanol–water partition coefficient (Wildman–Crippen LogP) is 7.45. The number of benzene rings is 3. The summed E-state index contributed by atoms with van der Waals surface area (Å²) < 4.78 is 29.0. The molecule has 0 aromatic heterocycles. The van der Waals surface area contributed by atoms with Gasteiger partial charge >= 0.3 is 0 Å². The van der Waals surface area contributed by atoms with Gasteiger partial charge in [0.2, 0.25) is 0 Å². The number of hydrogen-bond donors (Lipinski definition) is 0. The van der Waals surface area contributed by atoms with Crippen molar-refractivity contribution in [3.05, 3.63) is 106 Å². The van der Waals surface area contributed by atoms with Gasteiger partial charge in [-0.15, -0.1) is 0 Å². The molecule has 3 aromatic carbocycles. The number of rotatable bonds is 6. The van der Waals surface area contributed by atoms with Gasteiger partial charge in [0.1, 0.15) is 0 Å². The molecule has 0 atom stereocenters. The van der Waals surface area contributed by atoms with Crippen molar-refractivity contribution in [2.45, 2.75) is 52.4 Å². The molecule has 0 saturated carbocycles. The van der Waals surface area contributed by atoms with Crippen molar-refractivity contribution in [1.82, 2.24) is 0 Å². The van der Waals surface area contributed by atoms with Gasteiger partial charge in [0.15, 0.2) is 11.6 Å². The first kappa shape index (κ1) is 23.3. The van der Waals surface area contributed by atoms with E-state index in [-0.39, 0.29) is 11.1 Å². The molecule has 0 heterocycles. The molecule has 32 heavy (non-hydrogen) atoms. The summed E-state index contributed by atoms with van der Waals surface area (Å²) in [5.74, 6) is 9.40. The largest absolute Gasteiger partial charge is 0.202 e. The van der Waals surface area contributed by atoms with E-state index >= 15 is 0 Å². The van der Waals surface area contributed by atoms with Crippen LogP contribution in [0.15, 0.2) is 60.7 Å². The van der Waals surface area contributed by atoms with E-state index in [9.17, 15) is 8.78 Å². The number of unbranched alkanes of at least 4 members (excludes halogenated alkanes) is 2. The second kappa shape index (κ2) is 11.9. The first-order valence-electron chi connectivity index (χ1n) is 11.3. The predicted molar refractivity (Wildman–Crippen MR) is 128 cm³/mol. The Labute approximate surface area is 190 Å². The monoisotopic (exact) mass is 426 g/mol. The lowest BCUT2D eigenvalue weighted by Gasteiger charge is -2.01. The number of aryl methyl sites for hydroxylation is 2. The highest BCUT2D eigenvalue weighted by atomic mass is 19.2. The van der Waals surface area contributed by atoms with Gasteiger partial charge in [-0.1, -0.05) is 74.6 Å². The summed E-state index contributed by atoms with van der Waals surface area (Å²) >= 11 is 0. The molecule has 3 aromatic rings. The Balaban J connectivity index is 1.72. The van der Waals surface area contributed by atoms with E-state index in [1.54, 1.807) is 0 Å². The maximum Gasteiger partial charge on any atom is 0.175 e. The summed E-state index contributed by atoms with van der Waals surface area (Å²) in [6.07, 6.45) is 6.67. The van der Waals surface area contributed by atoms with Crippen molar-refractivity contribution in [3.63, 3.8) is 0 Å². The highest BCUT2D eigenvalue weighted by molar-refractivity contribution is 5.49. The van der Waals surface area contributed by atoms with Gasteiger partial charge in [0.25, 0.3) is 0 Å². The van der Waals surface area contributed by atoms with E-state index in [4.69, 9.17) is 0 Å². The fraction of sp³-hybridized carbons (Fsp3) is 0.267. The summed E-state index contributed by atoms with van der Waals surface area (Å²) in [5.41, 5.74) is 4.13. The van der Waals surface area contributed by atoms with Crippen molar-refractivity contribution in [3.8, 4) is 23.7 Å². The first-order valence-corrected chi connectivity index (χ1v) is 11.3. The van der Waals surface area contributed by atoms with Crippen LogP contribution >= 0.6 is 0 Å². The van der Waals surface area contributed by atoms with Gasteiger partial charge in [-0.05, 0) is 73.2 Å². The summed E-state index contributed by atoms with van der Waals surface area (Å²) in [7, 11) is 0. The van der Waals surface area contributed by atoms with Crippen LogP contribution < -0.4 is 0 Å². The third kappa shape index (κ3) is 6.57. The zero-order valence-corrected chi connectivity index (χ0v) is 18.8. The molecule has 0 radical (unpaired) electrons. The molecule has 0 spiro atoms. The summed E-state index contributed by atoms with van der Waals surface area (Å²) in [5, 5.41) is 0. The van der Waals surface area contributed by atoms with E-state index in [1.165, 1.54) is 23.3 Å². The SMILES string of the molecule is CCCCc1ccc(C#Cc2ccc(C#Cc3ccc(CCCC)cc3)c(F)c2F)cc1. The van der Waals surface area contributed by atoms with Crippen molar-refractivity contribution < 1.29 is 8.78 Å². The molecule has 0 aliphatic rings. The van der Waals surface area contributed by atoms with Gasteiger partial charge in [0, 0.05) is 11.1 Å². The zero-order chi connectivity index (χ0) is 22.8. The highest BCUT2D eigenvalue weighted by Gasteiger charge is 2.10. The molecular weight excluding hydrogens is 398 g/mol. The molecule has 0 aliphatic heterocycles. The van der Waals surface area contributed by atoms with E-state index in [0.29, 0.717) is 0 Å². The Bertz CT molecular complexity index is 1050. The minimum absolute atomic E-state index is 0.0309. The molecule has 0 nitrogen and oxygen atoms in total. The van der Waals surface area contributed by atoms with E-state index in [2.05, 4.69) is 37.5 Å². The van der Waals surface area contributed by atoms with Gasteiger partial charge in [-0.3, -0.25) is 0 Å². The average molecular weight is 427 g/mol. The second-order valence-corrected chi connectivity index (χ2v) is 7.89. The lowest BCUT2D eigenvalue weighted by Crippen LogP contribution is -1.94. The Morgan fingerprint density at radius 2 is 0.906 bits per heavy atom. The van der Waals surface area contributed by atoms with Crippen LogP contribution in [0, 0.1) is 35.3 Å². The van der Waals surface area contributed by atoms with Crippen LogP contribution in [-0.4, -0.2) is 0 Å². The van der Waals surface area contributed by atoms with Crippen LogP contribution in [-0.2, 0) is 12.8 Å². The zero-order valence-electron chi connectivity index (χ0n) is 18.8. The van der Waals surface area contributed by atoms with Crippen molar-refractivity contribution in [2.24, 2.45) is 0 Å². The first-order chi connectivity index (χ1) is 15.6. The van der Waals surface area contributed by atoms with Crippen molar-refractivity contribution >= 4 is 0 Å². The van der Waals surface area contributed by atoms with Crippen LogP contribution in [0.5, 0.6) is 0 Å². The lowest BCUT2D eigenvalue weighted by molar-refractivity contribution is 0.504. The molecule has 0 unspecified atom stereocenters. The third-order valence-electron chi connectivity index (χ3n) is 5.31. The van der Waals surface area contributed by atoms with Crippen LogP contribution in [0.3, 0.4) is 0 Å². The Morgan fingerprint density at radius 1 is 0.531 bits per heavy atom. The number of halogens is 2. The molecule has 0 aliphatic carbocycles. The van der Waals surface area contributed by atoms with Crippen molar-refractivity contribution in [1.29, 1.82) is 0 Å². The normalized spacial score (nSPS) is 10.1. The van der Waals surface area contributed by atoms with E-state index < -0.39 is 11.6 Å². The standard InChI is InChI=1S/C30H28F2/c1-3-5-7-23-9-13-25(14-10-23)17-19-27-21-22-28(30(32)29(27)31)20-18-26-15-11-24(12-16-26)8-6-4-2/h9-16,21-22H,3-8H2,1-2H3. The quantitative estimate of drug-likeness (QED) is 0.359. The van der Waals surface area contributed by atoms with Crippen LogP contribution in [0.2, 0.25) is 0 Å². The molecule has 0 N–H and O–H groups in total. The van der Waals surface area contributed by atoms with Gasteiger partial charge in [-0.2, -0.15) is 0 Å². The van der Waals surface area contributed by atoms with Crippen molar-refractivity contribution in [2.75, 3.05) is 0 Å². The average Bonchev–Trinajstić information content (AvgIpc) is 2.83. The maximum atomic E-state index is 14.5. The van der Waals surface area contributed by atoms with Gasteiger partial charge < -0.3 is 0 Å². The minimum Gasteiger partial charge on any atom is -0.202 e. The summed E-state index contributed by atoms with van der Waals surface area (Å²) in [4.78, 5) is 0. The number of hydrogen-bond acceptors (Lipinski definition) is 0. The maximum absolute atomic E-state index is 14.5. The Morgan fingerprint density at radius 3 is 1.25 bits per heavy atom. The van der Waals surface area contributed by atoms with Crippen LogP contribution in [0.4, 0.5) is 8.78 Å². The lowest BCUT2D eigenvalue weighted by atomic mass is 10.1. The second-order valence-electron chi connectivity index (χ2n) is 7.89. The molecular formula is C30H28F2. The minimum atomic E-state index is -0.959. The fourth-order valence-electron chi connectivity index (χ4n) is 3.29. The highest BCUT2D eigenvalue weighted by Crippen LogP contribution is 2.16. The van der Waals surface area contributed by atoms with E-state index in [0.717, 1.165) is 49.7 Å². The molecule has 3 rings (SSSR count). The molecule has 0 fully saturated rings. The van der Waals surface area contributed by atoms with Crippen LogP contribution in [0.25, 0.3) is 0 Å². The third-order valence-corrected chi connectivity index (χ3v) is 5.31. The molecule has 0 bridgehead atoms. The molecule has 162 valence electrons. The fourth-order valence-corrected chi connectivity index (χ4v) is 3.29. The Kier molecular flexibility index (Phi) is 8.65. The van der Waals surface area contributed by atoms with Gasteiger partial charge in [0.05, 0.1) is 11.1 Å². The van der Waals surface area contributed by atoms with E-state index in [1.807, 2.05) is 48.5 Å². The Hall–Kier alpha value is -3.36. The van der Waals surface area contributed by atoms with Crippen LogP contribution in [0.1, 0.15) is 72.9 Å². The molecule has 0 amide bonds. The topological polar surface area (TPSA) is 0 Å². The smallest absolute Gasteiger partial charge is 0.175 e. The summed E-state index contributed by atoms with van der Waals surface area (Å²) in [6.45, 7) is 4.33. The molecule has 2 heteroatoms. The van der Waals surface area contributed by atoms with Gasteiger partial charge in [-0.25, -0.2) is 8.78 Å². The summed E-state index contributed by atoms with van der Waals surface area (Å²) in [6, 6.07) is 18.8.